The van der Waals surface area contributed by atoms with Gasteiger partial charge in [0.15, 0.2) is 0 Å². The summed E-state index contributed by atoms with van der Waals surface area (Å²) < 4.78 is 10.9. The number of carbonyl (C=O) groups is 2. The average Bonchev–Trinajstić information content (AvgIpc) is 3.46. The lowest BCUT2D eigenvalue weighted by atomic mass is 9.97. The number of amides is 1. The third-order valence-electron chi connectivity index (χ3n) is 5.86. The van der Waals surface area contributed by atoms with Gasteiger partial charge < -0.3 is 19.2 Å². The molecule has 3 aromatic carbocycles. The molecule has 1 atom stereocenters. The Bertz CT molecular complexity index is 1390. The van der Waals surface area contributed by atoms with Gasteiger partial charge in [-0.25, -0.2) is 0 Å². The van der Waals surface area contributed by atoms with Gasteiger partial charge in [-0.15, -0.1) is 0 Å². The molecule has 5 rings (SSSR count). The molecular formula is C27H21NO5. The normalized spacial score (nSPS) is 17.6. The zero-order valence-electron chi connectivity index (χ0n) is 17.9. The largest absolute Gasteiger partial charge is 0.507 e. The first kappa shape index (κ1) is 20.6. The van der Waals surface area contributed by atoms with Gasteiger partial charge in [0.1, 0.15) is 23.3 Å². The van der Waals surface area contributed by atoms with Crippen LogP contribution in [0.3, 0.4) is 0 Å². The summed E-state index contributed by atoms with van der Waals surface area (Å²) in [6, 6.07) is 23.0. The van der Waals surface area contributed by atoms with Gasteiger partial charge in [0.05, 0.1) is 18.9 Å². The van der Waals surface area contributed by atoms with E-state index in [1.165, 1.54) is 11.2 Å². The van der Waals surface area contributed by atoms with E-state index >= 15 is 0 Å². The second-order valence-electron chi connectivity index (χ2n) is 7.86. The van der Waals surface area contributed by atoms with Crippen LogP contribution in [-0.4, -0.2) is 28.8 Å². The van der Waals surface area contributed by atoms with Crippen LogP contribution in [0.25, 0.3) is 16.5 Å². The van der Waals surface area contributed by atoms with Gasteiger partial charge in [0.2, 0.25) is 0 Å². The van der Waals surface area contributed by atoms with Gasteiger partial charge in [0.25, 0.3) is 11.7 Å². The Kier molecular flexibility index (Phi) is 5.18. The first-order valence-corrected chi connectivity index (χ1v) is 10.5. The molecule has 1 aliphatic rings. The summed E-state index contributed by atoms with van der Waals surface area (Å²) in [6.45, 7) is 0.154. The van der Waals surface area contributed by atoms with E-state index in [9.17, 15) is 14.7 Å². The van der Waals surface area contributed by atoms with E-state index < -0.39 is 17.7 Å². The molecule has 1 N–H and O–H groups in total. The monoisotopic (exact) mass is 439 g/mol. The first-order chi connectivity index (χ1) is 16.1. The third kappa shape index (κ3) is 3.65. The summed E-state index contributed by atoms with van der Waals surface area (Å²) in [6.07, 6.45) is 1.48. The lowest BCUT2D eigenvalue weighted by Crippen LogP contribution is -2.29. The third-order valence-corrected chi connectivity index (χ3v) is 5.86. The van der Waals surface area contributed by atoms with Crippen molar-refractivity contribution in [3.05, 3.63) is 108 Å². The fraction of sp³-hybridized carbons (Fsp3) is 0.111. The number of hydrogen-bond acceptors (Lipinski definition) is 5. The van der Waals surface area contributed by atoms with E-state index in [4.69, 9.17) is 9.15 Å². The van der Waals surface area contributed by atoms with Crippen molar-refractivity contribution in [2.24, 2.45) is 0 Å². The van der Waals surface area contributed by atoms with Crippen molar-refractivity contribution in [1.29, 1.82) is 0 Å². The molecule has 1 saturated heterocycles. The van der Waals surface area contributed by atoms with Gasteiger partial charge >= 0.3 is 0 Å². The van der Waals surface area contributed by atoms with E-state index in [2.05, 4.69) is 0 Å². The maximum atomic E-state index is 13.1. The minimum atomic E-state index is -0.849. The summed E-state index contributed by atoms with van der Waals surface area (Å²) in [5, 5.41) is 13.1. The van der Waals surface area contributed by atoms with Crippen molar-refractivity contribution in [1.82, 2.24) is 4.90 Å². The van der Waals surface area contributed by atoms with Crippen molar-refractivity contribution in [2.45, 2.75) is 12.6 Å². The number of aliphatic hydroxyl groups excluding tert-OH is 1. The van der Waals surface area contributed by atoms with E-state index in [1.807, 2.05) is 48.5 Å². The van der Waals surface area contributed by atoms with Gasteiger partial charge in [-0.2, -0.15) is 0 Å². The number of ketones is 1. The number of fused-ring (bicyclic) bond motifs is 1. The highest BCUT2D eigenvalue weighted by Crippen LogP contribution is 2.40. The second-order valence-corrected chi connectivity index (χ2v) is 7.86. The topological polar surface area (TPSA) is 80.0 Å². The highest BCUT2D eigenvalue weighted by atomic mass is 16.5. The van der Waals surface area contributed by atoms with Crippen LogP contribution >= 0.6 is 0 Å². The number of methoxy groups -OCH3 is 1. The van der Waals surface area contributed by atoms with Crippen LogP contribution in [0.2, 0.25) is 0 Å². The molecule has 2 heterocycles. The molecule has 1 unspecified atom stereocenters. The van der Waals surface area contributed by atoms with Crippen LogP contribution in [0.15, 0.2) is 95.1 Å². The summed E-state index contributed by atoms with van der Waals surface area (Å²) in [4.78, 5) is 27.6. The Morgan fingerprint density at radius 3 is 2.55 bits per heavy atom. The molecule has 6 heteroatoms. The molecule has 1 aliphatic heterocycles. The quantitative estimate of drug-likeness (QED) is 0.267. The molecule has 6 nitrogen and oxygen atoms in total. The number of ether oxygens (including phenoxy) is 1. The van der Waals surface area contributed by atoms with E-state index in [0.29, 0.717) is 17.1 Å². The van der Waals surface area contributed by atoms with Gasteiger partial charge in [-0.1, -0.05) is 48.5 Å². The molecular weight excluding hydrogens is 418 g/mol. The molecule has 0 aliphatic carbocycles. The molecule has 164 valence electrons. The molecule has 0 spiro atoms. The summed E-state index contributed by atoms with van der Waals surface area (Å²) in [7, 11) is 1.57. The molecule has 1 aromatic heterocycles. The molecule has 0 bridgehead atoms. The van der Waals surface area contributed by atoms with Crippen LogP contribution in [-0.2, 0) is 16.1 Å². The molecule has 4 aromatic rings. The van der Waals surface area contributed by atoms with Gasteiger partial charge in [-0.05, 0) is 46.7 Å². The molecule has 0 saturated carbocycles. The number of nitrogens with zero attached hydrogens (tertiary/aromatic N) is 1. The predicted molar refractivity (Wildman–Crippen MR) is 123 cm³/mol. The van der Waals surface area contributed by atoms with Crippen molar-refractivity contribution in [2.75, 3.05) is 7.11 Å². The van der Waals surface area contributed by atoms with Crippen LogP contribution in [0.5, 0.6) is 5.75 Å². The highest BCUT2D eigenvalue weighted by Gasteiger charge is 2.47. The van der Waals surface area contributed by atoms with Crippen LogP contribution < -0.4 is 4.74 Å². The number of aliphatic hydroxyl groups is 1. The number of Topliss-reactive ketones (excluding diaryl/α,β-unsaturated/α-hetero) is 1. The van der Waals surface area contributed by atoms with Crippen LogP contribution in [0, 0.1) is 0 Å². The van der Waals surface area contributed by atoms with Crippen molar-refractivity contribution < 1.29 is 23.8 Å². The fourth-order valence-electron chi connectivity index (χ4n) is 4.25. The van der Waals surface area contributed by atoms with Crippen molar-refractivity contribution >= 4 is 28.2 Å². The smallest absolute Gasteiger partial charge is 0.296 e. The van der Waals surface area contributed by atoms with Gasteiger partial charge in [-0.3, -0.25) is 9.59 Å². The Morgan fingerprint density at radius 2 is 1.79 bits per heavy atom. The molecule has 1 fully saturated rings. The maximum absolute atomic E-state index is 13.1. The SMILES string of the molecule is COc1cccc(CN2C(=O)C(=O)/C(=C(\O)c3ccc4ccccc4c3)C2c2ccco2)c1. The highest BCUT2D eigenvalue weighted by molar-refractivity contribution is 6.46. The van der Waals surface area contributed by atoms with Crippen molar-refractivity contribution in [3.8, 4) is 5.75 Å². The first-order valence-electron chi connectivity index (χ1n) is 10.5. The van der Waals surface area contributed by atoms with Gasteiger partial charge in [0, 0.05) is 12.1 Å². The number of rotatable bonds is 5. The predicted octanol–water partition coefficient (Wildman–Crippen LogP) is 5.06. The van der Waals surface area contributed by atoms with Crippen LogP contribution in [0.1, 0.15) is 22.9 Å². The van der Waals surface area contributed by atoms with E-state index in [1.54, 1.807) is 37.4 Å². The van der Waals surface area contributed by atoms with Crippen LogP contribution in [0.4, 0.5) is 0 Å². The maximum Gasteiger partial charge on any atom is 0.296 e. The lowest BCUT2D eigenvalue weighted by Gasteiger charge is -2.23. The lowest BCUT2D eigenvalue weighted by molar-refractivity contribution is -0.140. The fourth-order valence-corrected chi connectivity index (χ4v) is 4.25. The standard InChI is InChI=1S/C27H21NO5/c1-32-21-9-4-6-17(14-21)16-28-24(22-10-5-13-33-22)23(26(30)27(28)31)25(29)20-12-11-18-7-2-3-8-19(18)15-20/h2-15,24,29H,16H2,1H3/b25-23-. The number of likely N-dealkylation sites (tertiary alicyclic amines) is 1. The minimum Gasteiger partial charge on any atom is -0.507 e. The Labute approximate surface area is 190 Å². The molecule has 0 radical (unpaired) electrons. The number of furan rings is 1. The average molecular weight is 439 g/mol. The van der Waals surface area contributed by atoms with E-state index in [-0.39, 0.29) is 17.9 Å². The number of carbonyl (C=O) groups excluding carboxylic acids is 2. The Morgan fingerprint density at radius 1 is 0.970 bits per heavy atom. The Balaban J connectivity index is 1.62. The van der Waals surface area contributed by atoms with E-state index in [0.717, 1.165) is 16.3 Å². The second kappa shape index (κ2) is 8.31. The Hall–Kier alpha value is -4.32. The number of hydrogen-bond donors (Lipinski definition) is 1. The van der Waals surface area contributed by atoms with Crippen molar-refractivity contribution in [3.63, 3.8) is 0 Å². The summed E-state index contributed by atoms with van der Waals surface area (Å²) >= 11 is 0. The molecule has 33 heavy (non-hydrogen) atoms. The number of benzene rings is 3. The summed E-state index contributed by atoms with van der Waals surface area (Å²) in [5.41, 5.74) is 1.26. The zero-order chi connectivity index (χ0) is 22.9. The minimum absolute atomic E-state index is 0.00753. The summed E-state index contributed by atoms with van der Waals surface area (Å²) in [5.74, 6) is -0.616. The zero-order valence-corrected chi connectivity index (χ0v) is 17.9. The molecule has 1 amide bonds.